The minimum absolute atomic E-state index is 0.0147. The zero-order valence-electron chi connectivity index (χ0n) is 11.3. The molecule has 4 nitrogen and oxygen atoms in total. The Hall–Kier alpha value is -1.42. The fourth-order valence-electron chi connectivity index (χ4n) is 2.92. The number of ether oxygens (including phenoxy) is 2. The fraction of sp³-hybridized carbons (Fsp3) is 0.533. The van der Waals surface area contributed by atoms with Crippen LogP contribution in [0, 0.1) is 12.8 Å². The van der Waals surface area contributed by atoms with Gasteiger partial charge in [0.1, 0.15) is 13.2 Å². The number of carbonyl (C=O) groups is 1. The van der Waals surface area contributed by atoms with E-state index in [0.717, 1.165) is 24.0 Å². The number of benzene rings is 1. The van der Waals surface area contributed by atoms with Gasteiger partial charge < -0.3 is 14.6 Å². The van der Waals surface area contributed by atoms with Gasteiger partial charge in [-0.25, -0.2) is 0 Å². The van der Waals surface area contributed by atoms with Crippen molar-refractivity contribution < 1.29 is 19.4 Å². The maximum Gasteiger partial charge on any atom is 0.303 e. The third kappa shape index (κ3) is 2.44. The minimum atomic E-state index is -0.771. The second-order valence-electron chi connectivity index (χ2n) is 5.47. The zero-order chi connectivity index (χ0) is 14.3. The van der Waals surface area contributed by atoms with E-state index in [9.17, 15) is 4.79 Å². The van der Waals surface area contributed by atoms with Gasteiger partial charge in [-0.3, -0.25) is 4.79 Å². The van der Waals surface area contributed by atoms with Crippen LogP contribution < -0.4 is 9.47 Å². The molecule has 0 aromatic heterocycles. The molecule has 20 heavy (non-hydrogen) atoms. The van der Waals surface area contributed by atoms with E-state index in [1.54, 1.807) is 0 Å². The molecule has 1 aromatic rings. The Bertz CT molecular complexity index is 551. The van der Waals surface area contributed by atoms with Crippen LogP contribution in [0.4, 0.5) is 0 Å². The van der Waals surface area contributed by atoms with Crippen LogP contribution in [0.15, 0.2) is 6.07 Å². The Morgan fingerprint density at radius 1 is 1.40 bits per heavy atom. The van der Waals surface area contributed by atoms with Gasteiger partial charge in [0.15, 0.2) is 11.5 Å². The molecule has 0 amide bonds. The van der Waals surface area contributed by atoms with E-state index in [0.29, 0.717) is 35.7 Å². The Balaban J connectivity index is 2.03. The molecule has 1 N–H and O–H groups in total. The summed E-state index contributed by atoms with van der Waals surface area (Å²) >= 11 is 6.27. The second-order valence-corrected chi connectivity index (χ2v) is 5.88. The third-order valence-corrected chi connectivity index (χ3v) is 4.32. The number of halogens is 1. The lowest BCUT2D eigenvalue weighted by atomic mass is 9.87. The predicted molar refractivity (Wildman–Crippen MR) is 74.9 cm³/mol. The van der Waals surface area contributed by atoms with E-state index in [2.05, 4.69) is 0 Å². The van der Waals surface area contributed by atoms with Gasteiger partial charge >= 0.3 is 5.97 Å². The Morgan fingerprint density at radius 3 is 2.65 bits per heavy atom. The van der Waals surface area contributed by atoms with E-state index in [4.69, 9.17) is 26.2 Å². The molecule has 2 aliphatic rings. The summed E-state index contributed by atoms with van der Waals surface area (Å²) in [5, 5.41) is 9.64. The van der Waals surface area contributed by atoms with Crippen molar-refractivity contribution in [2.24, 2.45) is 5.92 Å². The van der Waals surface area contributed by atoms with Crippen LogP contribution in [0.3, 0.4) is 0 Å². The molecule has 5 heteroatoms. The van der Waals surface area contributed by atoms with Crippen LogP contribution >= 0.6 is 11.6 Å². The molecule has 0 saturated heterocycles. The van der Waals surface area contributed by atoms with Gasteiger partial charge in [-0.05, 0) is 48.8 Å². The number of fused-ring (bicyclic) bond motifs is 1. The van der Waals surface area contributed by atoms with Crippen molar-refractivity contribution >= 4 is 17.6 Å². The van der Waals surface area contributed by atoms with Gasteiger partial charge in [0.2, 0.25) is 0 Å². The van der Waals surface area contributed by atoms with Gasteiger partial charge in [0, 0.05) is 0 Å². The highest BCUT2D eigenvalue weighted by atomic mass is 35.5. The Labute approximate surface area is 122 Å². The van der Waals surface area contributed by atoms with Gasteiger partial charge in [-0.15, -0.1) is 0 Å². The smallest absolute Gasteiger partial charge is 0.303 e. The molecule has 1 aromatic carbocycles. The molecule has 108 valence electrons. The van der Waals surface area contributed by atoms with Crippen molar-refractivity contribution in [3.63, 3.8) is 0 Å². The molecule has 1 unspecified atom stereocenters. The first-order valence-electron chi connectivity index (χ1n) is 6.88. The molecular formula is C15H17ClO4. The van der Waals surface area contributed by atoms with E-state index >= 15 is 0 Å². The average molecular weight is 297 g/mol. The summed E-state index contributed by atoms with van der Waals surface area (Å²) in [7, 11) is 0. The van der Waals surface area contributed by atoms with Crippen molar-refractivity contribution in [1.29, 1.82) is 0 Å². The lowest BCUT2D eigenvalue weighted by molar-refractivity contribution is -0.137. The van der Waals surface area contributed by atoms with E-state index in [1.807, 2.05) is 13.0 Å². The number of carboxylic acids is 1. The van der Waals surface area contributed by atoms with Gasteiger partial charge in [-0.2, -0.15) is 0 Å². The molecule has 1 fully saturated rings. The molecule has 1 saturated carbocycles. The lowest BCUT2D eigenvalue weighted by Crippen LogP contribution is -2.18. The largest absolute Gasteiger partial charge is 0.486 e. The standard InChI is InChI=1S/C15H17ClO4/c1-8-10(11(7-13(17)18)9-2-3-9)6-12(16)15-14(8)19-4-5-20-15/h6,9,11H,2-5,7H2,1H3,(H,17,18). The second kappa shape index (κ2) is 5.17. The minimum Gasteiger partial charge on any atom is -0.486 e. The highest BCUT2D eigenvalue weighted by Crippen LogP contribution is 2.50. The summed E-state index contributed by atoms with van der Waals surface area (Å²) in [6.07, 6.45) is 2.31. The van der Waals surface area contributed by atoms with E-state index in [-0.39, 0.29) is 12.3 Å². The number of carboxylic acid groups (broad SMARTS) is 1. The maximum atomic E-state index is 11.1. The van der Waals surface area contributed by atoms with Crippen molar-refractivity contribution in [3.05, 3.63) is 22.2 Å². The fourth-order valence-corrected chi connectivity index (χ4v) is 3.18. The van der Waals surface area contributed by atoms with Crippen LogP contribution in [0.25, 0.3) is 0 Å². The van der Waals surface area contributed by atoms with Crippen LogP contribution in [-0.4, -0.2) is 24.3 Å². The summed E-state index contributed by atoms with van der Waals surface area (Å²) in [5.74, 6) is 0.954. The van der Waals surface area contributed by atoms with Gasteiger partial charge in [-0.1, -0.05) is 11.6 Å². The van der Waals surface area contributed by atoms with Crippen molar-refractivity contribution in [3.8, 4) is 11.5 Å². The molecule has 0 bridgehead atoms. The van der Waals surface area contributed by atoms with Crippen molar-refractivity contribution in [1.82, 2.24) is 0 Å². The molecule has 0 spiro atoms. The van der Waals surface area contributed by atoms with Crippen LogP contribution in [0.1, 0.15) is 36.3 Å². The molecular weight excluding hydrogens is 280 g/mol. The summed E-state index contributed by atoms with van der Waals surface area (Å²) < 4.78 is 11.2. The highest BCUT2D eigenvalue weighted by Gasteiger charge is 2.36. The molecule has 0 radical (unpaired) electrons. The Morgan fingerprint density at radius 2 is 2.05 bits per heavy atom. The summed E-state index contributed by atoms with van der Waals surface area (Å²) in [4.78, 5) is 11.1. The van der Waals surface area contributed by atoms with Crippen LogP contribution in [0.2, 0.25) is 5.02 Å². The monoisotopic (exact) mass is 296 g/mol. The Kier molecular flexibility index (Phi) is 3.50. The van der Waals surface area contributed by atoms with E-state index in [1.165, 1.54) is 0 Å². The first-order chi connectivity index (χ1) is 9.58. The average Bonchev–Trinajstić information content (AvgIpc) is 3.25. The number of aliphatic carboxylic acids is 1. The summed E-state index contributed by atoms with van der Waals surface area (Å²) in [6.45, 7) is 2.95. The SMILES string of the molecule is Cc1c(C(CC(=O)O)C2CC2)cc(Cl)c2c1OCCO2. The van der Waals surface area contributed by atoms with Crippen LogP contribution in [0.5, 0.6) is 11.5 Å². The number of rotatable bonds is 4. The maximum absolute atomic E-state index is 11.1. The highest BCUT2D eigenvalue weighted by molar-refractivity contribution is 6.32. The molecule has 3 rings (SSSR count). The molecule has 1 aliphatic carbocycles. The van der Waals surface area contributed by atoms with Crippen LogP contribution in [-0.2, 0) is 4.79 Å². The molecule has 1 atom stereocenters. The number of hydrogen-bond acceptors (Lipinski definition) is 3. The first kappa shape index (κ1) is 13.6. The number of hydrogen-bond donors (Lipinski definition) is 1. The van der Waals surface area contributed by atoms with Gasteiger partial charge in [0.05, 0.1) is 11.4 Å². The van der Waals surface area contributed by atoms with Gasteiger partial charge in [0.25, 0.3) is 0 Å². The predicted octanol–water partition coefficient (Wildman–Crippen LogP) is 3.39. The zero-order valence-corrected chi connectivity index (χ0v) is 12.1. The molecule has 1 aliphatic heterocycles. The van der Waals surface area contributed by atoms with E-state index < -0.39 is 5.97 Å². The normalized spacial score (nSPS) is 18.7. The first-order valence-corrected chi connectivity index (χ1v) is 7.26. The van der Waals surface area contributed by atoms with Crippen molar-refractivity contribution in [2.45, 2.75) is 32.1 Å². The summed E-state index contributed by atoms with van der Waals surface area (Å²) in [5.41, 5.74) is 1.95. The quantitative estimate of drug-likeness (QED) is 0.925. The summed E-state index contributed by atoms with van der Waals surface area (Å²) in [6, 6.07) is 1.86. The molecule has 1 heterocycles. The lowest BCUT2D eigenvalue weighted by Gasteiger charge is -2.25. The van der Waals surface area contributed by atoms with Crippen molar-refractivity contribution in [2.75, 3.05) is 13.2 Å². The third-order valence-electron chi connectivity index (χ3n) is 4.04. The topological polar surface area (TPSA) is 55.8 Å².